The van der Waals surface area contributed by atoms with Gasteiger partial charge in [-0.05, 0) is 54.2 Å². The van der Waals surface area contributed by atoms with Crippen LogP contribution in [0.4, 0.5) is 5.82 Å². The Labute approximate surface area is 166 Å². The van der Waals surface area contributed by atoms with E-state index in [9.17, 15) is 4.79 Å². The Morgan fingerprint density at radius 2 is 1.96 bits per heavy atom. The summed E-state index contributed by atoms with van der Waals surface area (Å²) in [7, 11) is 0. The first-order chi connectivity index (χ1) is 13.1. The lowest BCUT2D eigenvalue weighted by molar-refractivity contribution is -0.127. The van der Waals surface area contributed by atoms with Gasteiger partial charge in [0.2, 0.25) is 0 Å². The average molecular weight is 383 g/mol. The highest BCUT2D eigenvalue weighted by molar-refractivity contribution is 5.98. The second-order valence-corrected chi connectivity index (χ2v) is 8.25. The summed E-state index contributed by atoms with van der Waals surface area (Å²) in [6, 6.07) is 0. The number of nitrogens with one attached hydrogen (secondary N) is 1. The largest absolute Gasteiger partial charge is 0.383 e. The Morgan fingerprint density at radius 3 is 2.54 bits per heavy atom. The van der Waals surface area contributed by atoms with E-state index in [4.69, 9.17) is 5.73 Å². The summed E-state index contributed by atoms with van der Waals surface area (Å²) in [6.45, 7) is 14.6. The van der Waals surface area contributed by atoms with Crippen LogP contribution < -0.4 is 11.1 Å². The number of hydrogen-bond acceptors (Lipinski definition) is 6. The third-order valence-electron chi connectivity index (χ3n) is 5.51. The lowest BCUT2D eigenvalue weighted by Gasteiger charge is -2.30. The summed E-state index contributed by atoms with van der Waals surface area (Å²) in [5.41, 5.74) is 10.4. The first kappa shape index (κ1) is 20.0. The number of aliphatic imine (C=N–C) groups is 1. The zero-order chi connectivity index (χ0) is 20.6. The number of anilines is 1. The average Bonchev–Trinajstić information content (AvgIpc) is 3.36. The zero-order valence-corrected chi connectivity index (χ0v) is 17.5. The normalized spacial score (nSPS) is 18.0. The van der Waals surface area contributed by atoms with Crippen LogP contribution in [0, 0.1) is 6.92 Å². The third kappa shape index (κ3) is 3.93. The van der Waals surface area contributed by atoms with E-state index in [1.54, 1.807) is 0 Å². The predicted octanol–water partition coefficient (Wildman–Crippen LogP) is 2.66. The molecule has 28 heavy (non-hydrogen) atoms. The molecule has 1 saturated carbocycles. The molecular formula is C21H30N6O. The molecule has 0 saturated heterocycles. The number of allylic oxidation sites excluding steroid dienone is 1. The molecule has 0 atom stereocenters. The number of hydrogen-bond donors (Lipinski definition) is 2. The molecule has 1 fully saturated rings. The Hall–Kier alpha value is -2.70. The lowest BCUT2D eigenvalue weighted by atomic mass is 9.98. The predicted molar refractivity (Wildman–Crippen MR) is 112 cm³/mol. The molecule has 7 heteroatoms. The van der Waals surface area contributed by atoms with Crippen molar-refractivity contribution in [2.45, 2.75) is 66.0 Å². The van der Waals surface area contributed by atoms with Crippen molar-refractivity contribution in [2.24, 2.45) is 4.99 Å². The second-order valence-electron chi connectivity index (χ2n) is 8.25. The third-order valence-corrected chi connectivity index (χ3v) is 5.51. The van der Waals surface area contributed by atoms with Gasteiger partial charge >= 0.3 is 0 Å². The van der Waals surface area contributed by atoms with Crippen LogP contribution in [0.2, 0.25) is 0 Å². The highest BCUT2D eigenvalue weighted by atomic mass is 16.2. The maximum Gasteiger partial charge on any atom is 0.254 e. The number of fused-ring (bicyclic) bond motifs is 1. The zero-order valence-electron chi connectivity index (χ0n) is 17.5. The Kier molecular flexibility index (Phi) is 5.28. The highest BCUT2D eigenvalue weighted by Crippen LogP contribution is 2.36. The van der Waals surface area contributed by atoms with Gasteiger partial charge in [-0.25, -0.2) is 15.0 Å². The van der Waals surface area contributed by atoms with Gasteiger partial charge in [0.1, 0.15) is 17.5 Å². The van der Waals surface area contributed by atoms with Crippen LogP contribution in [0.1, 0.15) is 57.6 Å². The number of rotatable bonds is 5. The fraction of sp³-hybridized carbons (Fsp3) is 0.524. The van der Waals surface area contributed by atoms with E-state index < -0.39 is 0 Å². The van der Waals surface area contributed by atoms with Crippen LogP contribution in [0.3, 0.4) is 0 Å². The maximum atomic E-state index is 13.4. The molecule has 1 aromatic rings. The smallest absolute Gasteiger partial charge is 0.254 e. The number of carbonyl (C=O) groups is 1. The molecule has 0 aromatic carbocycles. The van der Waals surface area contributed by atoms with Gasteiger partial charge in [-0.3, -0.25) is 4.79 Å². The fourth-order valence-corrected chi connectivity index (χ4v) is 3.62. The van der Waals surface area contributed by atoms with Crippen molar-refractivity contribution >= 4 is 18.4 Å². The van der Waals surface area contributed by atoms with Gasteiger partial charge < -0.3 is 16.0 Å². The molecule has 3 rings (SSSR count). The van der Waals surface area contributed by atoms with E-state index in [2.05, 4.69) is 33.9 Å². The molecule has 2 aliphatic rings. The molecule has 1 aliphatic carbocycles. The minimum atomic E-state index is -0.0213. The van der Waals surface area contributed by atoms with Crippen molar-refractivity contribution in [3.63, 3.8) is 0 Å². The first-order valence-electron chi connectivity index (χ1n) is 9.70. The van der Waals surface area contributed by atoms with Crippen LogP contribution in [0.15, 0.2) is 27.5 Å². The number of nitrogens with two attached hydrogens (primary N) is 1. The van der Waals surface area contributed by atoms with Crippen LogP contribution in [-0.2, 0) is 17.8 Å². The molecule has 0 bridgehead atoms. The molecule has 150 valence electrons. The second kappa shape index (κ2) is 7.37. The Morgan fingerprint density at radius 1 is 1.29 bits per heavy atom. The molecule has 0 radical (unpaired) electrons. The minimum Gasteiger partial charge on any atom is -0.383 e. The number of nitrogen functional groups attached to an aromatic ring is 1. The van der Waals surface area contributed by atoms with E-state index in [1.165, 1.54) is 0 Å². The topological polar surface area (TPSA) is 96.5 Å². The van der Waals surface area contributed by atoms with Crippen molar-refractivity contribution in [3.8, 4) is 0 Å². The number of amides is 1. The van der Waals surface area contributed by atoms with Crippen LogP contribution >= 0.6 is 0 Å². The monoisotopic (exact) mass is 382 g/mol. The van der Waals surface area contributed by atoms with E-state index in [-0.39, 0.29) is 11.4 Å². The van der Waals surface area contributed by atoms with Gasteiger partial charge in [0.05, 0.1) is 12.2 Å². The number of aryl methyl sites for hydroxylation is 1. The van der Waals surface area contributed by atoms with Crippen molar-refractivity contribution < 1.29 is 4.79 Å². The van der Waals surface area contributed by atoms with Crippen LogP contribution in [-0.4, -0.2) is 39.6 Å². The Bertz CT molecular complexity index is 890. The molecule has 1 amide bonds. The van der Waals surface area contributed by atoms with E-state index in [0.29, 0.717) is 42.5 Å². The Balaban J connectivity index is 1.90. The van der Waals surface area contributed by atoms with Gasteiger partial charge in [0, 0.05) is 35.2 Å². The molecule has 1 aliphatic heterocycles. The van der Waals surface area contributed by atoms with Gasteiger partial charge in [0.25, 0.3) is 5.91 Å². The SMILES string of the molecule is C=N/C(NC1(C)CC1)=C(\C)C(C(=O)N1CCc2nc(C)nc(N)c2C1)=C(C)C. The fourth-order valence-electron chi connectivity index (χ4n) is 3.62. The van der Waals surface area contributed by atoms with Gasteiger partial charge in [0.15, 0.2) is 0 Å². The molecule has 0 spiro atoms. The van der Waals surface area contributed by atoms with E-state index >= 15 is 0 Å². The van der Waals surface area contributed by atoms with Crippen molar-refractivity contribution in [1.82, 2.24) is 20.2 Å². The summed E-state index contributed by atoms with van der Waals surface area (Å²) < 4.78 is 0. The van der Waals surface area contributed by atoms with Crippen molar-refractivity contribution in [2.75, 3.05) is 12.3 Å². The molecule has 0 unspecified atom stereocenters. The number of nitrogens with zero attached hydrogens (tertiary/aromatic N) is 4. The quantitative estimate of drug-likeness (QED) is 0.464. The minimum absolute atomic E-state index is 0.0213. The van der Waals surface area contributed by atoms with Gasteiger partial charge in [-0.1, -0.05) is 5.57 Å². The summed E-state index contributed by atoms with van der Waals surface area (Å²) >= 11 is 0. The summed E-state index contributed by atoms with van der Waals surface area (Å²) in [5.74, 6) is 1.79. The summed E-state index contributed by atoms with van der Waals surface area (Å²) in [4.78, 5) is 28.2. The molecular weight excluding hydrogens is 352 g/mol. The van der Waals surface area contributed by atoms with Gasteiger partial charge in [-0.2, -0.15) is 0 Å². The summed E-state index contributed by atoms with van der Waals surface area (Å²) in [6.07, 6.45) is 2.87. The standard InChI is InChI=1S/C21H30N6O/c1-12(2)17(13(3)19(23-6)26-21(5)8-9-21)20(28)27-10-7-16-15(11-27)18(22)25-14(4)24-16/h26H,6-11H2,1-5H3,(H2,22,24,25)/b19-13-. The highest BCUT2D eigenvalue weighted by Gasteiger charge is 2.38. The first-order valence-corrected chi connectivity index (χ1v) is 9.70. The molecule has 3 N–H and O–H groups in total. The van der Waals surface area contributed by atoms with E-state index in [0.717, 1.165) is 35.2 Å². The molecule has 1 aromatic heterocycles. The van der Waals surface area contributed by atoms with Crippen molar-refractivity contribution in [3.05, 3.63) is 39.6 Å². The lowest BCUT2D eigenvalue weighted by Crippen LogP contribution is -2.39. The number of aromatic nitrogens is 2. The number of carbonyl (C=O) groups excluding carboxylic acids is 1. The molecule has 2 heterocycles. The maximum absolute atomic E-state index is 13.4. The van der Waals surface area contributed by atoms with Crippen LogP contribution in [0.5, 0.6) is 0 Å². The van der Waals surface area contributed by atoms with Crippen LogP contribution in [0.25, 0.3) is 0 Å². The van der Waals surface area contributed by atoms with Crippen molar-refractivity contribution in [1.29, 1.82) is 0 Å². The van der Waals surface area contributed by atoms with E-state index in [1.807, 2.05) is 32.6 Å². The van der Waals surface area contributed by atoms with Gasteiger partial charge in [-0.15, -0.1) is 0 Å². The summed E-state index contributed by atoms with van der Waals surface area (Å²) in [5, 5.41) is 3.45. The molecule has 7 nitrogen and oxygen atoms in total.